The highest BCUT2D eigenvalue weighted by Crippen LogP contribution is 2.08. The van der Waals surface area contributed by atoms with Gasteiger partial charge in [0.1, 0.15) is 11.3 Å². The summed E-state index contributed by atoms with van der Waals surface area (Å²) in [6.45, 7) is 6.90. The summed E-state index contributed by atoms with van der Waals surface area (Å²) in [6.07, 6.45) is 2.40. The molecule has 0 aliphatic carbocycles. The Morgan fingerprint density at radius 3 is 2.50 bits per heavy atom. The number of aryl methyl sites for hydroxylation is 1. The molecule has 0 aliphatic heterocycles. The van der Waals surface area contributed by atoms with Gasteiger partial charge in [0.15, 0.2) is 0 Å². The molecule has 1 aromatic rings. The Balaban J connectivity index is 2.61. The first-order valence-electron chi connectivity index (χ1n) is 5.71. The van der Waals surface area contributed by atoms with Crippen molar-refractivity contribution in [1.29, 1.82) is 0 Å². The monoisotopic (exact) mass is 253 g/mol. The number of hydrogen-bond acceptors (Lipinski definition) is 4. The summed E-state index contributed by atoms with van der Waals surface area (Å²) in [5.74, 6) is -0.208. The van der Waals surface area contributed by atoms with Gasteiger partial charge in [0.2, 0.25) is 5.78 Å². The number of carbonyl (C=O) groups excluding carboxylic acids is 2. The van der Waals surface area contributed by atoms with Gasteiger partial charge < -0.3 is 14.6 Å². The van der Waals surface area contributed by atoms with E-state index in [1.807, 2.05) is 0 Å². The van der Waals surface area contributed by atoms with Crippen molar-refractivity contribution in [3.8, 4) is 0 Å². The molecule has 0 aromatic carbocycles. The quantitative estimate of drug-likeness (QED) is 0.829. The van der Waals surface area contributed by atoms with Gasteiger partial charge in [0, 0.05) is 7.05 Å². The third-order valence-electron chi connectivity index (χ3n) is 2.20. The van der Waals surface area contributed by atoms with Gasteiger partial charge in [-0.05, 0) is 27.7 Å². The molecule has 0 saturated heterocycles. The Bertz CT molecular complexity index is 446. The second-order valence-electron chi connectivity index (χ2n) is 5.12. The van der Waals surface area contributed by atoms with Crippen LogP contribution in [0, 0.1) is 0 Å². The van der Waals surface area contributed by atoms with E-state index in [9.17, 15) is 9.59 Å². The van der Waals surface area contributed by atoms with Crippen LogP contribution in [0.2, 0.25) is 0 Å². The van der Waals surface area contributed by atoms with E-state index >= 15 is 0 Å². The number of alkyl carbamates (subject to hydrolysis) is 1. The molecule has 0 unspecified atom stereocenters. The van der Waals surface area contributed by atoms with E-state index in [4.69, 9.17) is 4.74 Å². The van der Waals surface area contributed by atoms with E-state index in [2.05, 4.69) is 10.3 Å². The van der Waals surface area contributed by atoms with Gasteiger partial charge in [-0.2, -0.15) is 0 Å². The van der Waals surface area contributed by atoms with Gasteiger partial charge in [-0.1, -0.05) is 0 Å². The fraction of sp³-hybridized carbons (Fsp3) is 0.583. The number of aromatic nitrogens is 2. The molecule has 0 spiro atoms. The molecule has 1 amide bonds. The molecule has 1 N–H and O–H groups in total. The number of imidazole rings is 1. The van der Waals surface area contributed by atoms with E-state index in [0.717, 1.165) is 0 Å². The minimum absolute atomic E-state index is 0.208. The van der Waals surface area contributed by atoms with Crippen LogP contribution in [0.15, 0.2) is 12.5 Å². The van der Waals surface area contributed by atoms with Crippen molar-refractivity contribution in [2.75, 3.05) is 0 Å². The zero-order valence-corrected chi connectivity index (χ0v) is 11.4. The van der Waals surface area contributed by atoms with Crippen molar-refractivity contribution in [2.45, 2.75) is 39.3 Å². The third-order valence-corrected chi connectivity index (χ3v) is 2.20. The molecule has 1 atom stereocenters. The average Bonchev–Trinajstić information content (AvgIpc) is 2.60. The van der Waals surface area contributed by atoms with Gasteiger partial charge in [-0.3, -0.25) is 4.79 Å². The molecule has 0 fully saturated rings. The first kappa shape index (κ1) is 14.2. The predicted molar refractivity (Wildman–Crippen MR) is 66.4 cm³/mol. The lowest BCUT2D eigenvalue weighted by Gasteiger charge is -2.21. The molecular weight excluding hydrogens is 234 g/mol. The van der Waals surface area contributed by atoms with Crippen molar-refractivity contribution < 1.29 is 14.3 Å². The van der Waals surface area contributed by atoms with Gasteiger partial charge in [0.25, 0.3) is 0 Å². The normalized spacial score (nSPS) is 12.9. The smallest absolute Gasteiger partial charge is 0.408 e. The third kappa shape index (κ3) is 3.87. The molecule has 1 rings (SSSR count). The van der Waals surface area contributed by atoms with Crippen LogP contribution in [0.3, 0.4) is 0 Å². The average molecular weight is 253 g/mol. The van der Waals surface area contributed by atoms with E-state index in [0.29, 0.717) is 5.69 Å². The first-order chi connectivity index (χ1) is 8.20. The molecule has 0 aliphatic rings. The number of nitrogens with one attached hydrogen (secondary N) is 1. The van der Waals surface area contributed by atoms with Crippen LogP contribution in [0.1, 0.15) is 38.2 Å². The lowest BCUT2D eigenvalue weighted by molar-refractivity contribution is 0.0496. The molecular formula is C12H19N3O3. The molecule has 0 bridgehead atoms. The first-order valence-corrected chi connectivity index (χ1v) is 5.71. The number of rotatable bonds is 3. The molecule has 100 valence electrons. The fourth-order valence-electron chi connectivity index (χ4n) is 1.37. The topological polar surface area (TPSA) is 73.2 Å². The van der Waals surface area contributed by atoms with Crippen LogP contribution in [-0.2, 0) is 11.8 Å². The Kier molecular flexibility index (Phi) is 4.11. The summed E-state index contributed by atoms with van der Waals surface area (Å²) in [5.41, 5.74) is -0.141. The molecule has 1 heterocycles. The number of ketones is 1. The number of carbonyl (C=O) groups is 2. The SMILES string of the molecule is C[C@H](NC(=O)OC(C)(C)C)C(=O)c1cncn1C. The highest BCUT2D eigenvalue weighted by Gasteiger charge is 2.23. The highest BCUT2D eigenvalue weighted by molar-refractivity contribution is 5.99. The highest BCUT2D eigenvalue weighted by atomic mass is 16.6. The number of Topliss-reactive ketones (excluding diaryl/α,β-unsaturated/α-hetero) is 1. The standard InChI is InChI=1S/C12H19N3O3/c1-8(14-11(17)18-12(2,3)4)10(16)9-6-13-7-15(9)5/h6-8H,1-5H3,(H,14,17)/t8-/m0/s1. The Morgan fingerprint density at radius 1 is 1.44 bits per heavy atom. The van der Waals surface area contributed by atoms with Gasteiger partial charge in [-0.15, -0.1) is 0 Å². The zero-order valence-electron chi connectivity index (χ0n) is 11.4. The van der Waals surface area contributed by atoms with Crippen LogP contribution in [0.25, 0.3) is 0 Å². The number of hydrogen-bond donors (Lipinski definition) is 1. The maximum atomic E-state index is 12.0. The summed E-state index contributed by atoms with van der Waals surface area (Å²) in [7, 11) is 1.72. The van der Waals surface area contributed by atoms with Crippen LogP contribution in [0.4, 0.5) is 4.79 Å². The van der Waals surface area contributed by atoms with Gasteiger partial charge in [0.05, 0.1) is 18.6 Å². The van der Waals surface area contributed by atoms with Gasteiger partial charge >= 0.3 is 6.09 Å². The Morgan fingerprint density at radius 2 is 2.06 bits per heavy atom. The van der Waals surface area contributed by atoms with Crippen molar-refractivity contribution in [1.82, 2.24) is 14.9 Å². The van der Waals surface area contributed by atoms with Gasteiger partial charge in [-0.25, -0.2) is 9.78 Å². The largest absolute Gasteiger partial charge is 0.444 e. The van der Waals surface area contributed by atoms with E-state index in [1.165, 1.54) is 12.5 Å². The lowest BCUT2D eigenvalue weighted by atomic mass is 10.1. The summed E-state index contributed by atoms with van der Waals surface area (Å²) < 4.78 is 6.69. The van der Waals surface area contributed by atoms with Crippen LogP contribution >= 0.6 is 0 Å². The second kappa shape index (κ2) is 5.20. The van der Waals surface area contributed by atoms with Crippen LogP contribution in [-0.4, -0.2) is 33.1 Å². The minimum atomic E-state index is -0.657. The number of nitrogens with zero attached hydrogens (tertiary/aromatic N) is 2. The summed E-state index contributed by atoms with van der Waals surface area (Å²) in [4.78, 5) is 27.4. The number of amides is 1. The van der Waals surface area contributed by atoms with Crippen molar-refractivity contribution in [2.24, 2.45) is 7.05 Å². The van der Waals surface area contributed by atoms with Crippen molar-refractivity contribution in [3.05, 3.63) is 18.2 Å². The molecule has 6 nitrogen and oxygen atoms in total. The molecule has 1 aromatic heterocycles. The summed E-state index contributed by atoms with van der Waals surface area (Å²) in [5, 5.41) is 2.50. The maximum Gasteiger partial charge on any atom is 0.408 e. The lowest BCUT2D eigenvalue weighted by Crippen LogP contribution is -2.42. The second-order valence-corrected chi connectivity index (χ2v) is 5.12. The molecule has 0 radical (unpaired) electrons. The van der Waals surface area contributed by atoms with Crippen LogP contribution < -0.4 is 5.32 Å². The van der Waals surface area contributed by atoms with Crippen LogP contribution in [0.5, 0.6) is 0 Å². The zero-order chi connectivity index (χ0) is 13.9. The van der Waals surface area contributed by atoms with Crippen molar-refractivity contribution in [3.63, 3.8) is 0 Å². The molecule has 0 saturated carbocycles. The molecule has 6 heteroatoms. The minimum Gasteiger partial charge on any atom is -0.444 e. The van der Waals surface area contributed by atoms with E-state index in [-0.39, 0.29) is 5.78 Å². The Hall–Kier alpha value is -1.85. The summed E-state index contributed by atoms with van der Waals surface area (Å²) >= 11 is 0. The number of ether oxygens (including phenoxy) is 1. The Labute approximate surface area is 106 Å². The predicted octanol–water partition coefficient (Wildman–Crippen LogP) is 1.52. The molecule has 18 heavy (non-hydrogen) atoms. The van der Waals surface area contributed by atoms with E-state index < -0.39 is 17.7 Å². The summed E-state index contributed by atoms with van der Waals surface area (Å²) in [6, 6.07) is -0.657. The van der Waals surface area contributed by atoms with Crippen molar-refractivity contribution >= 4 is 11.9 Å². The maximum absolute atomic E-state index is 12.0. The van der Waals surface area contributed by atoms with E-state index in [1.54, 1.807) is 39.3 Å². The fourth-order valence-corrected chi connectivity index (χ4v) is 1.37.